The van der Waals surface area contributed by atoms with Crippen LogP contribution in [-0.2, 0) is 34.4 Å². The Morgan fingerprint density at radius 3 is 1.96 bits per heavy atom. The van der Waals surface area contributed by atoms with Gasteiger partial charge in [0.15, 0.2) is 0 Å². The van der Waals surface area contributed by atoms with Crippen LogP contribution in [0.25, 0.3) is 0 Å². The van der Waals surface area contributed by atoms with Gasteiger partial charge in [0.25, 0.3) is 14.4 Å². The number of unbranched alkanes of at least 4 members (excludes halogenated alkanes) is 1. The van der Waals surface area contributed by atoms with Crippen molar-refractivity contribution in [3.8, 4) is 17.6 Å². The van der Waals surface area contributed by atoms with E-state index in [2.05, 4.69) is 75.2 Å². The number of methoxy groups -OCH3 is 2. The molecule has 2 saturated heterocycles. The predicted molar refractivity (Wildman–Crippen MR) is 287 cm³/mol. The number of imide groups is 1. The summed E-state index contributed by atoms with van der Waals surface area (Å²) in [5.41, 5.74) is 2.81. The molecule has 73 heavy (non-hydrogen) atoms. The van der Waals surface area contributed by atoms with Crippen molar-refractivity contribution in [2.24, 2.45) is 0 Å². The molecule has 0 bridgehead atoms. The standard InChI is InChI=1S/C56H73N6O9PS/c1-38(2)62(39(3)4)72(70-33-15-32-57)71-36-45(35-69-56(42-16-11-10-12-17-42,43-24-28-46(67-8)29-25-43)44-26-30-47(68-9)31-27-44)59-51(64)34-58-50(63)19-14-13-18-49-52-48(37-73-49)61(54(66)60-52)53(65)40-20-22-41(23-21-40)55(5,6)7/h10-12,16-17,20-31,38-39,45,48-49,52H,13-15,18-19,33-37H2,1-9H3,(H,58,63)(H,59,64)(H,60,66)/t45?,48-,49-,52-,72?/m0/s1. The highest BCUT2D eigenvalue weighted by Gasteiger charge is 2.50. The molecule has 4 aromatic rings. The van der Waals surface area contributed by atoms with E-state index in [0.717, 1.165) is 35.1 Å². The first kappa shape index (κ1) is 56.8. The topological polar surface area (TPSA) is 181 Å². The van der Waals surface area contributed by atoms with Crippen molar-refractivity contribution in [1.82, 2.24) is 25.5 Å². The number of ether oxygens (including phenoxy) is 3. The van der Waals surface area contributed by atoms with Gasteiger partial charge < -0.3 is 39.2 Å². The van der Waals surface area contributed by atoms with Crippen LogP contribution in [0.1, 0.15) is 113 Å². The number of hydrogen-bond donors (Lipinski definition) is 3. The number of benzene rings is 4. The summed E-state index contributed by atoms with van der Waals surface area (Å²) in [6, 6.07) is 33.4. The number of urea groups is 1. The van der Waals surface area contributed by atoms with Crippen LogP contribution < -0.4 is 25.4 Å². The fourth-order valence-electron chi connectivity index (χ4n) is 9.30. The van der Waals surface area contributed by atoms with Crippen molar-refractivity contribution in [2.45, 2.75) is 127 Å². The van der Waals surface area contributed by atoms with E-state index in [-0.39, 0.29) is 91.9 Å². The van der Waals surface area contributed by atoms with Crippen molar-refractivity contribution in [3.05, 3.63) is 131 Å². The molecule has 15 nitrogen and oxygen atoms in total. The van der Waals surface area contributed by atoms with Gasteiger partial charge in [0.2, 0.25) is 11.8 Å². The Balaban J connectivity index is 1.12. The molecule has 0 saturated carbocycles. The minimum Gasteiger partial charge on any atom is -0.497 e. The molecule has 6 rings (SSSR count). The number of fused-ring (bicyclic) bond motifs is 1. The van der Waals surface area contributed by atoms with E-state index in [1.165, 1.54) is 4.90 Å². The normalized spacial score (nSPS) is 17.5. The van der Waals surface area contributed by atoms with Crippen molar-refractivity contribution in [3.63, 3.8) is 0 Å². The molecule has 392 valence electrons. The maximum absolute atomic E-state index is 13.9. The fraction of sp³-hybridized carbons (Fsp3) is 0.482. The number of rotatable bonds is 26. The van der Waals surface area contributed by atoms with Gasteiger partial charge in [-0.15, -0.1) is 0 Å². The molecule has 0 spiro atoms. The highest BCUT2D eigenvalue weighted by Crippen LogP contribution is 2.47. The summed E-state index contributed by atoms with van der Waals surface area (Å²) in [5.74, 6) is 1.01. The van der Waals surface area contributed by atoms with E-state index >= 15 is 0 Å². The number of nitrogens with zero attached hydrogens (tertiary/aromatic N) is 3. The summed E-state index contributed by atoms with van der Waals surface area (Å²) in [6.07, 6.45) is 2.47. The molecule has 4 aromatic carbocycles. The van der Waals surface area contributed by atoms with Crippen molar-refractivity contribution < 1.29 is 42.4 Å². The maximum atomic E-state index is 13.9. The lowest BCUT2D eigenvalue weighted by Crippen LogP contribution is -2.48. The van der Waals surface area contributed by atoms with Crippen LogP contribution in [0.3, 0.4) is 0 Å². The Morgan fingerprint density at radius 1 is 0.808 bits per heavy atom. The molecule has 0 aromatic heterocycles. The van der Waals surface area contributed by atoms with E-state index in [1.807, 2.05) is 91.0 Å². The molecule has 2 aliphatic rings. The second-order valence-electron chi connectivity index (χ2n) is 19.9. The molecule has 0 aliphatic carbocycles. The maximum Gasteiger partial charge on any atom is 0.325 e. The summed E-state index contributed by atoms with van der Waals surface area (Å²) >= 11 is 1.74. The predicted octanol–water partition coefficient (Wildman–Crippen LogP) is 9.48. The molecule has 0 radical (unpaired) electrons. The third-order valence-corrected chi connectivity index (χ3v) is 16.6. The molecule has 2 fully saturated rings. The van der Waals surface area contributed by atoms with Crippen LogP contribution in [0.5, 0.6) is 11.5 Å². The van der Waals surface area contributed by atoms with Gasteiger partial charge in [0.05, 0.1) is 71.2 Å². The zero-order valence-electron chi connectivity index (χ0n) is 43.7. The Morgan fingerprint density at radius 2 is 1.40 bits per heavy atom. The largest absolute Gasteiger partial charge is 0.497 e. The molecule has 2 unspecified atom stereocenters. The minimum absolute atomic E-state index is 0.0120. The van der Waals surface area contributed by atoms with Gasteiger partial charge in [-0.25, -0.2) is 9.46 Å². The van der Waals surface area contributed by atoms with Crippen LogP contribution in [0.2, 0.25) is 0 Å². The fourth-order valence-corrected chi connectivity index (χ4v) is 12.5. The number of carbonyl (C=O) groups is 4. The number of carbonyl (C=O) groups excluding carboxylic acids is 4. The monoisotopic (exact) mass is 1040 g/mol. The molecular formula is C56H73N6O9PS. The zero-order valence-corrected chi connectivity index (χ0v) is 45.4. The second-order valence-corrected chi connectivity index (χ2v) is 22.6. The Labute approximate surface area is 437 Å². The van der Waals surface area contributed by atoms with Crippen molar-refractivity contribution >= 4 is 44.0 Å². The van der Waals surface area contributed by atoms with Crippen LogP contribution >= 0.6 is 20.3 Å². The minimum atomic E-state index is -1.67. The highest BCUT2D eigenvalue weighted by molar-refractivity contribution is 8.00. The zero-order chi connectivity index (χ0) is 52.7. The summed E-state index contributed by atoms with van der Waals surface area (Å²) in [4.78, 5) is 55.2. The lowest BCUT2D eigenvalue weighted by atomic mass is 9.80. The molecule has 5 amide bonds. The van der Waals surface area contributed by atoms with Gasteiger partial charge in [-0.1, -0.05) is 93.9 Å². The van der Waals surface area contributed by atoms with Crippen LogP contribution in [-0.4, -0.2) is 115 Å². The van der Waals surface area contributed by atoms with Gasteiger partial charge >= 0.3 is 6.03 Å². The quantitative estimate of drug-likeness (QED) is 0.0235. The van der Waals surface area contributed by atoms with Gasteiger partial charge in [0.1, 0.15) is 17.1 Å². The number of hydrogen-bond acceptors (Lipinski definition) is 12. The van der Waals surface area contributed by atoms with E-state index < -0.39 is 26.1 Å². The second kappa shape index (κ2) is 26.6. The molecule has 2 aliphatic heterocycles. The third-order valence-electron chi connectivity index (χ3n) is 13.0. The smallest absolute Gasteiger partial charge is 0.325 e. The first-order chi connectivity index (χ1) is 35.0. The molecular weight excluding hydrogens is 964 g/mol. The lowest BCUT2D eigenvalue weighted by molar-refractivity contribution is -0.127. The molecule has 17 heteroatoms. The average Bonchev–Trinajstić information content (AvgIpc) is 3.93. The number of amides is 5. The van der Waals surface area contributed by atoms with Gasteiger partial charge in [-0.2, -0.15) is 17.0 Å². The van der Waals surface area contributed by atoms with E-state index in [1.54, 1.807) is 38.1 Å². The Kier molecular flexibility index (Phi) is 20.7. The summed E-state index contributed by atoms with van der Waals surface area (Å²) in [6.45, 7) is 14.4. The summed E-state index contributed by atoms with van der Waals surface area (Å²) in [7, 11) is 1.56. The Hall–Kier alpha value is -5.53. The molecule has 3 N–H and O–H groups in total. The number of nitrogens with one attached hydrogen (secondary N) is 3. The van der Waals surface area contributed by atoms with Gasteiger partial charge in [0, 0.05) is 35.1 Å². The number of nitriles is 1. The van der Waals surface area contributed by atoms with E-state index in [4.69, 9.17) is 23.3 Å². The van der Waals surface area contributed by atoms with Crippen LogP contribution in [0.15, 0.2) is 103 Å². The Bertz CT molecular complexity index is 2410. The first-order valence-corrected chi connectivity index (χ1v) is 27.3. The van der Waals surface area contributed by atoms with E-state index in [0.29, 0.717) is 29.2 Å². The molecule has 5 atom stereocenters. The van der Waals surface area contributed by atoms with Crippen molar-refractivity contribution in [1.29, 1.82) is 5.26 Å². The SMILES string of the molecule is COc1ccc(C(OCC(COP(OCCC#N)N(C(C)C)C(C)C)NC(=O)CNC(=O)CCCC[C@@H]2SC[C@H]3[C@@H]2NC(=O)N3C(=O)c2ccc(C(C)(C)C)cc2)(c2ccccc2)c2ccc(OC)cc2)cc1. The van der Waals surface area contributed by atoms with Gasteiger partial charge in [-0.05, 0) is 105 Å². The molecule has 2 heterocycles. The third kappa shape index (κ3) is 14.6. The number of thioether (sulfide) groups is 1. The first-order valence-electron chi connectivity index (χ1n) is 25.1. The van der Waals surface area contributed by atoms with Crippen LogP contribution in [0.4, 0.5) is 4.79 Å². The summed E-state index contributed by atoms with van der Waals surface area (Å²) < 4.78 is 33.2. The van der Waals surface area contributed by atoms with Crippen LogP contribution in [0, 0.1) is 11.3 Å². The van der Waals surface area contributed by atoms with E-state index in [9.17, 15) is 24.4 Å². The van der Waals surface area contributed by atoms with Gasteiger partial charge in [-0.3, -0.25) is 19.3 Å². The van der Waals surface area contributed by atoms with Crippen molar-refractivity contribution in [2.75, 3.05) is 46.3 Å². The highest BCUT2D eigenvalue weighted by atomic mass is 32.2. The lowest BCUT2D eigenvalue weighted by Gasteiger charge is -2.38. The summed E-state index contributed by atoms with van der Waals surface area (Å²) in [5, 5.41) is 18.4. The average molecular weight is 1040 g/mol.